The molecule has 1 N–H and O–H groups in total. The van der Waals surface area contributed by atoms with Crippen LogP contribution in [0.1, 0.15) is 26.7 Å². The number of anilines is 2. The molecule has 12 heteroatoms. The topological polar surface area (TPSA) is 111 Å². The number of sulfonamides is 1. The van der Waals surface area contributed by atoms with Crippen LogP contribution in [0, 0.1) is 0 Å². The molecule has 1 aromatic carbocycles. The van der Waals surface area contributed by atoms with E-state index in [-0.39, 0.29) is 18.9 Å². The third-order valence-electron chi connectivity index (χ3n) is 3.97. The van der Waals surface area contributed by atoms with Crippen molar-refractivity contribution in [3.05, 3.63) is 18.2 Å². The molecule has 0 spiro atoms. The zero-order valence-corrected chi connectivity index (χ0v) is 19.4. The standard InChI is InChI=1S/C18H24N4O5S3/c1-12(2)28-18-21-20-17(29-18)19-16(23)5-4-8-22(30(3,24)25)13-6-7-14-15(11-13)27-10-9-26-14/h6-7,11-12H,4-5,8-10H2,1-3H3,(H,19,20,23). The van der Waals surface area contributed by atoms with Crippen LogP contribution in [0.15, 0.2) is 22.5 Å². The number of aromatic nitrogens is 2. The van der Waals surface area contributed by atoms with Crippen LogP contribution < -0.4 is 19.1 Å². The fraction of sp³-hybridized carbons (Fsp3) is 0.500. The summed E-state index contributed by atoms with van der Waals surface area (Å²) < 4.78 is 37.7. The zero-order chi connectivity index (χ0) is 21.7. The van der Waals surface area contributed by atoms with Gasteiger partial charge in [-0.2, -0.15) is 0 Å². The van der Waals surface area contributed by atoms with E-state index in [9.17, 15) is 13.2 Å². The predicted octanol–water partition coefficient (Wildman–Crippen LogP) is 2.99. The van der Waals surface area contributed by atoms with E-state index in [1.807, 2.05) is 0 Å². The van der Waals surface area contributed by atoms with Gasteiger partial charge in [0, 0.05) is 24.3 Å². The van der Waals surface area contributed by atoms with Gasteiger partial charge in [-0.05, 0) is 18.6 Å². The molecule has 1 aromatic heterocycles. The molecule has 30 heavy (non-hydrogen) atoms. The zero-order valence-electron chi connectivity index (χ0n) is 17.0. The Balaban J connectivity index is 1.58. The van der Waals surface area contributed by atoms with Gasteiger partial charge in [0.25, 0.3) is 0 Å². The Kier molecular flexibility index (Phi) is 7.42. The number of benzene rings is 1. The van der Waals surface area contributed by atoms with Crippen molar-refractivity contribution in [3.8, 4) is 11.5 Å². The van der Waals surface area contributed by atoms with Gasteiger partial charge in [0.2, 0.25) is 21.1 Å². The van der Waals surface area contributed by atoms with Gasteiger partial charge in [-0.25, -0.2) is 8.42 Å². The van der Waals surface area contributed by atoms with E-state index in [2.05, 4.69) is 29.4 Å². The fourth-order valence-corrected chi connectivity index (χ4v) is 5.70. The summed E-state index contributed by atoms with van der Waals surface area (Å²) in [5.41, 5.74) is 0.474. The first-order valence-electron chi connectivity index (χ1n) is 9.40. The number of hydrogen-bond acceptors (Lipinski definition) is 9. The third kappa shape index (κ3) is 6.22. The van der Waals surface area contributed by atoms with Crippen molar-refractivity contribution < 1.29 is 22.7 Å². The van der Waals surface area contributed by atoms with E-state index in [4.69, 9.17) is 9.47 Å². The molecule has 0 saturated carbocycles. The summed E-state index contributed by atoms with van der Waals surface area (Å²) >= 11 is 2.90. The molecule has 9 nitrogen and oxygen atoms in total. The van der Waals surface area contributed by atoms with Crippen LogP contribution in [0.3, 0.4) is 0 Å². The molecule has 1 aliphatic rings. The largest absolute Gasteiger partial charge is 0.486 e. The molecule has 0 atom stereocenters. The number of amides is 1. The lowest BCUT2D eigenvalue weighted by atomic mass is 10.2. The van der Waals surface area contributed by atoms with Gasteiger partial charge in [0.05, 0.1) is 11.9 Å². The second kappa shape index (κ2) is 9.84. The van der Waals surface area contributed by atoms with E-state index in [0.717, 1.165) is 10.6 Å². The second-order valence-electron chi connectivity index (χ2n) is 6.85. The van der Waals surface area contributed by atoms with Gasteiger partial charge in [-0.3, -0.25) is 9.10 Å². The summed E-state index contributed by atoms with van der Waals surface area (Å²) in [6.07, 6.45) is 1.64. The molecule has 0 radical (unpaired) electrons. The van der Waals surface area contributed by atoms with Gasteiger partial charge in [0.15, 0.2) is 15.8 Å². The van der Waals surface area contributed by atoms with Gasteiger partial charge in [-0.15, -0.1) is 10.2 Å². The van der Waals surface area contributed by atoms with Crippen LogP contribution in [-0.2, 0) is 14.8 Å². The van der Waals surface area contributed by atoms with E-state index in [0.29, 0.717) is 47.2 Å². The lowest BCUT2D eigenvalue weighted by Crippen LogP contribution is -2.31. The first-order valence-corrected chi connectivity index (χ1v) is 12.9. The fourth-order valence-electron chi connectivity index (χ4n) is 2.75. The summed E-state index contributed by atoms with van der Waals surface area (Å²) in [7, 11) is -3.53. The molecule has 2 heterocycles. The van der Waals surface area contributed by atoms with Crippen molar-refractivity contribution in [2.75, 3.05) is 35.6 Å². The van der Waals surface area contributed by atoms with Gasteiger partial charge >= 0.3 is 0 Å². The number of nitrogens with zero attached hydrogens (tertiary/aromatic N) is 3. The monoisotopic (exact) mass is 472 g/mol. The van der Waals surface area contributed by atoms with E-state index < -0.39 is 10.0 Å². The molecule has 0 saturated heterocycles. The highest BCUT2D eigenvalue weighted by Gasteiger charge is 2.21. The van der Waals surface area contributed by atoms with Gasteiger partial charge < -0.3 is 14.8 Å². The van der Waals surface area contributed by atoms with Crippen LogP contribution in [0.25, 0.3) is 0 Å². The molecule has 0 aliphatic carbocycles. The van der Waals surface area contributed by atoms with Crippen molar-refractivity contribution in [1.82, 2.24) is 10.2 Å². The minimum absolute atomic E-state index is 0.156. The number of hydrogen-bond donors (Lipinski definition) is 1. The summed E-state index contributed by atoms with van der Waals surface area (Å²) in [5, 5.41) is 11.5. The highest BCUT2D eigenvalue weighted by atomic mass is 32.2. The average Bonchev–Trinajstić information content (AvgIpc) is 3.09. The summed E-state index contributed by atoms with van der Waals surface area (Å²) in [5.74, 6) is 0.865. The first-order chi connectivity index (χ1) is 14.2. The maximum Gasteiger partial charge on any atom is 0.232 e. The highest BCUT2D eigenvalue weighted by molar-refractivity contribution is 8.01. The molecule has 1 aliphatic heterocycles. The molecule has 3 rings (SSSR count). The summed E-state index contributed by atoms with van der Waals surface area (Å²) in [4.78, 5) is 12.2. The first kappa shape index (κ1) is 22.6. The molecular formula is C18H24N4O5S3. The van der Waals surface area contributed by atoms with E-state index in [1.165, 1.54) is 15.6 Å². The van der Waals surface area contributed by atoms with Crippen molar-refractivity contribution in [2.24, 2.45) is 0 Å². The Morgan fingerprint density at radius 3 is 2.70 bits per heavy atom. The maximum absolute atomic E-state index is 12.3. The lowest BCUT2D eigenvalue weighted by molar-refractivity contribution is -0.116. The van der Waals surface area contributed by atoms with Crippen molar-refractivity contribution in [3.63, 3.8) is 0 Å². The second-order valence-corrected chi connectivity index (χ2v) is 11.6. The van der Waals surface area contributed by atoms with Crippen LogP contribution in [0.2, 0.25) is 0 Å². The maximum atomic E-state index is 12.3. The molecule has 0 unspecified atom stereocenters. The Labute approximate surface area is 184 Å². The summed E-state index contributed by atoms with van der Waals surface area (Å²) in [6, 6.07) is 5.01. The molecule has 0 bridgehead atoms. The number of fused-ring (bicyclic) bond motifs is 1. The number of carbonyl (C=O) groups excluding carboxylic acids is 1. The molecule has 164 valence electrons. The van der Waals surface area contributed by atoms with Gasteiger partial charge in [0.1, 0.15) is 13.2 Å². The Bertz CT molecular complexity index is 993. The number of thioether (sulfide) groups is 1. The van der Waals surface area contributed by atoms with Crippen LogP contribution in [0.5, 0.6) is 11.5 Å². The molecule has 0 fully saturated rings. The Hall–Kier alpha value is -2.05. The Morgan fingerprint density at radius 1 is 1.27 bits per heavy atom. The van der Waals surface area contributed by atoms with Crippen molar-refractivity contribution in [2.45, 2.75) is 36.3 Å². The quantitative estimate of drug-likeness (QED) is 0.438. The van der Waals surface area contributed by atoms with E-state index >= 15 is 0 Å². The number of rotatable bonds is 9. The van der Waals surface area contributed by atoms with Gasteiger partial charge in [-0.1, -0.05) is 36.9 Å². The molecule has 1 amide bonds. The van der Waals surface area contributed by atoms with Crippen LogP contribution in [-0.4, -0.2) is 55.8 Å². The number of ether oxygens (including phenoxy) is 2. The molecule has 2 aromatic rings. The van der Waals surface area contributed by atoms with E-state index in [1.54, 1.807) is 30.0 Å². The number of nitrogens with one attached hydrogen (secondary N) is 1. The van der Waals surface area contributed by atoms with Crippen LogP contribution >= 0.6 is 23.1 Å². The minimum atomic E-state index is -3.53. The average molecular weight is 473 g/mol. The SMILES string of the molecule is CC(C)Sc1nnc(NC(=O)CCCN(c2ccc3c(c2)OCCO3)S(C)(=O)=O)s1. The minimum Gasteiger partial charge on any atom is -0.486 e. The number of carbonyl (C=O) groups is 1. The molecular weight excluding hydrogens is 448 g/mol. The lowest BCUT2D eigenvalue weighted by Gasteiger charge is -2.25. The van der Waals surface area contributed by atoms with Crippen molar-refractivity contribution >= 4 is 49.8 Å². The van der Waals surface area contributed by atoms with Crippen molar-refractivity contribution in [1.29, 1.82) is 0 Å². The Morgan fingerprint density at radius 2 is 2.00 bits per heavy atom. The smallest absolute Gasteiger partial charge is 0.232 e. The highest BCUT2D eigenvalue weighted by Crippen LogP contribution is 2.35. The third-order valence-corrected chi connectivity index (χ3v) is 7.09. The summed E-state index contributed by atoms with van der Waals surface area (Å²) in [6.45, 7) is 5.15. The predicted molar refractivity (Wildman–Crippen MR) is 118 cm³/mol. The van der Waals surface area contributed by atoms with Crippen LogP contribution in [0.4, 0.5) is 10.8 Å². The normalized spacial score (nSPS) is 13.3.